The third kappa shape index (κ3) is 6.38. The smallest absolute Gasteiger partial charge is 0.264 e. The van der Waals surface area contributed by atoms with Crippen molar-refractivity contribution in [3.63, 3.8) is 0 Å². The number of aryl methyl sites for hydroxylation is 1. The van der Waals surface area contributed by atoms with Crippen LogP contribution in [0.15, 0.2) is 83.8 Å². The normalized spacial score (nSPS) is 12.3. The minimum Gasteiger partial charge on any atom is -0.497 e. The number of hydrogen-bond acceptors (Lipinski definition) is 4. The summed E-state index contributed by atoms with van der Waals surface area (Å²) in [7, 11) is -2.43. The maximum Gasteiger partial charge on any atom is 0.264 e. The second kappa shape index (κ2) is 11.2. The maximum atomic E-state index is 13.6. The SMILES string of the molecule is COc1ccc(N(CC(=O)N[C@@H](CC(C)C)c2ccccc2)S(=O)(=O)c2ccc(C)cc2)cc1. The molecule has 3 aromatic rings. The summed E-state index contributed by atoms with van der Waals surface area (Å²) in [5, 5.41) is 3.05. The van der Waals surface area contributed by atoms with Gasteiger partial charge in [-0.05, 0) is 61.2 Å². The number of methoxy groups -OCH3 is 1. The summed E-state index contributed by atoms with van der Waals surface area (Å²) in [5.74, 6) is 0.572. The Kier molecular flexibility index (Phi) is 8.34. The van der Waals surface area contributed by atoms with Gasteiger partial charge in [0.15, 0.2) is 0 Å². The highest BCUT2D eigenvalue weighted by atomic mass is 32.2. The lowest BCUT2D eigenvalue weighted by Crippen LogP contribution is -2.42. The standard InChI is InChI=1S/C27H32N2O4S/c1-20(2)18-26(22-8-6-5-7-9-22)28-27(30)19-29(23-12-14-24(33-4)15-13-23)34(31,32)25-16-10-21(3)11-17-25/h5-17,20,26H,18-19H2,1-4H3,(H,28,30)/t26-/m0/s1. The number of amides is 1. The molecule has 0 heterocycles. The summed E-state index contributed by atoms with van der Waals surface area (Å²) in [4.78, 5) is 13.3. The molecule has 3 aromatic carbocycles. The number of carbonyl (C=O) groups is 1. The van der Waals surface area contributed by atoms with Crippen LogP contribution >= 0.6 is 0 Å². The zero-order valence-electron chi connectivity index (χ0n) is 20.1. The lowest BCUT2D eigenvalue weighted by molar-refractivity contribution is -0.120. The van der Waals surface area contributed by atoms with Crippen LogP contribution in [0.2, 0.25) is 0 Å². The van der Waals surface area contributed by atoms with Gasteiger partial charge in [0.25, 0.3) is 10.0 Å². The first-order chi connectivity index (χ1) is 16.2. The van der Waals surface area contributed by atoms with Crippen molar-refractivity contribution in [3.05, 3.63) is 90.0 Å². The van der Waals surface area contributed by atoms with Crippen LogP contribution in [0.25, 0.3) is 0 Å². The number of anilines is 1. The van der Waals surface area contributed by atoms with Crippen LogP contribution in [0, 0.1) is 12.8 Å². The number of carbonyl (C=O) groups excluding carboxylic acids is 1. The molecule has 0 aromatic heterocycles. The van der Waals surface area contributed by atoms with Gasteiger partial charge < -0.3 is 10.1 Å². The fourth-order valence-electron chi connectivity index (χ4n) is 3.71. The summed E-state index contributed by atoms with van der Waals surface area (Å²) in [6.45, 7) is 5.73. The Morgan fingerprint density at radius 1 is 0.941 bits per heavy atom. The molecule has 1 amide bonds. The van der Waals surface area contributed by atoms with E-state index in [4.69, 9.17) is 4.74 Å². The van der Waals surface area contributed by atoms with Crippen LogP contribution in [0.4, 0.5) is 5.69 Å². The van der Waals surface area contributed by atoms with Crippen LogP contribution in [-0.2, 0) is 14.8 Å². The number of ether oxygens (including phenoxy) is 1. The second-order valence-corrected chi connectivity index (χ2v) is 10.5. The largest absolute Gasteiger partial charge is 0.497 e. The molecule has 0 saturated carbocycles. The van der Waals surface area contributed by atoms with Gasteiger partial charge in [0.2, 0.25) is 5.91 Å². The molecule has 0 saturated heterocycles. The van der Waals surface area contributed by atoms with Gasteiger partial charge in [-0.15, -0.1) is 0 Å². The van der Waals surface area contributed by atoms with Crippen molar-refractivity contribution in [2.75, 3.05) is 18.0 Å². The number of rotatable bonds is 10. The molecule has 180 valence electrons. The van der Waals surface area contributed by atoms with Gasteiger partial charge in [-0.3, -0.25) is 9.10 Å². The molecule has 0 aliphatic rings. The number of nitrogens with zero attached hydrogens (tertiary/aromatic N) is 1. The highest BCUT2D eigenvalue weighted by molar-refractivity contribution is 7.92. The highest BCUT2D eigenvalue weighted by Crippen LogP contribution is 2.27. The van der Waals surface area contributed by atoms with Crippen molar-refractivity contribution < 1.29 is 17.9 Å². The van der Waals surface area contributed by atoms with Crippen molar-refractivity contribution in [2.24, 2.45) is 5.92 Å². The highest BCUT2D eigenvalue weighted by Gasteiger charge is 2.28. The quantitative estimate of drug-likeness (QED) is 0.438. The number of benzene rings is 3. The van der Waals surface area contributed by atoms with E-state index in [1.165, 1.54) is 0 Å². The minimum absolute atomic E-state index is 0.128. The van der Waals surface area contributed by atoms with E-state index in [1.807, 2.05) is 37.3 Å². The molecular weight excluding hydrogens is 448 g/mol. The van der Waals surface area contributed by atoms with E-state index in [0.29, 0.717) is 17.4 Å². The van der Waals surface area contributed by atoms with Crippen molar-refractivity contribution in [1.29, 1.82) is 0 Å². The minimum atomic E-state index is -3.98. The summed E-state index contributed by atoms with van der Waals surface area (Å²) in [6.07, 6.45) is 0.739. The Bertz CT molecular complexity index is 1180. The Morgan fingerprint density at radius 2 is 1.56 bits per heavy atom. The summed E-state index contributed by atoms with van der Waals surface area (Å²) in [5.41, 5.74) is 2.32. The van der Waals surface area contributed by atoms with Crippen molar-refractivity contribution in [3.8, 4) is 5.75 Å². The lowest BCUT2D eigenvalue weighted by atomic mass is 9.97. The first-order valence-electron chi connectivity index (χ1n) is 11.3. The summed E-state index contributed by atoms with van der Waals surface area (Å²) >= 11 is 0. The average Bonchev–Trinajstić information content (AvgIpc) is 2.83. The molecule has 0 aliphatic carbocycles. The zero-order chi connectivity index (χ0) is 24.7. The van der Waals surface area contributed by atoms with Gasteiger partial charge in [0.1, 0.15) is 12.3 Å². The van der Waals surface area contributed by atoms with Crippen LogP contribution in [0.1, 0.15) is 37.4 Å². The molecule has 0 unspecified atom stereocenters. The topological polar surface area (TPSA) is 75.7 Å². The van der Waals surface area contributed by atoms with Gasteiger partial charge in [-0.25, -0.2) is 8.42 Å². The van der Waals surface area contributed by atoms with Crippen molar-refractivity contribution >= 4 is 21.6 Å². The second-order valence-electron chi connectivity index (χ2n) is 8.68. The molecule has 0 fully saturated rings. The monoisotopic (exact) mass is 480 g/mol. The first-order valence-corrected chi connectivity index (χ1v) is 12.7. The molecule has 0 radical (unpaired) electrons. The fourth-order valence-corrected chi connectivity index (χ4v) is 5.13. The lowest BCUT2D eigenvalue weighted by Gasteiger charge is -2.26. The van der Waals surface area contributed by atoms with Crippen LogP contribution < -0.4 is 14.4 Å². The predicted octanol–water partition coefficient (Wildman–Crippen LogP) is 5.10. The van der Waals surface area contributed by atoms with E-state index in [2.05, 4.69) is 19.2 Å². The van der Waals surface area contributed by atoms with Gasteiger partial charge in [-0.2, -0.15) is 0 Å². The Labute approximate surface area is 202 Å². The predicted molar refractivity (Wildman–Crippen MR) is 135 cm³/mol. The third-order valence-corrected chi connectivity index (χ3v) is 7.29. The number of hydrogen-bond donors (Lipinski definition) is 1. The average molecular weight is 481 g/mol. The number of nitrogens with one attached hydrogen (secondary N) is 1. The molecule has 3 rings (SSSR count). The number of sulfonamides is 1. The van der Waals surface area contributed by atoms with E-state index in [9.17, 15) is 13.2 Å². The summed E-state index contributed by atoms with van der Waals surface area (Å²) < 4.78 is 33.5. The van der Waals surface area contributed by atoms with Crippen molar-refractivity contribution in [1.82, 2.24) is 5.32 Å². The molecule has 1 N–H and O–H groups in total. The Hall–Kier alpha value is -3.32. The van der Waals surface area contributed by atoms with Gasteiger partial charge in [-0.1, -0.05) is 61.9 Å². The van der Waals surface area contributed by atoms with E-state index >= 15 is 0 Å². The summed E-state index contributed by atoms with van der Waals surface area (Å²) in [6, 6.07) is 22.8. The molecule has 6 nitrogen and oxygen atoms in total. The molecule has 0 aliphatic heterocycles. The van der Waals surface area contributed by atoms with Crippen LogP contribution in [-0.4, -0.2) is 28.0 Å². The zero-order valence-corrected chi connectivity index (χ0v) is 20.9. The van der Waals surface area contributed by atoms with Gasteiger partial charge >= 0.3 is 0 Å². The Morgan fingerprint density at radius 3 is 2.12 bits per heavy atom. The van der Waals surface area contributed by atoms with Gasteiger partial charge in [0.05, 0.1) is 23.7 Å². The van der Waals surface area contributed by atoms with Crippen LogP contribution in [0.5, 0.6) is 5.75 Å². The van der Waals surface area contributed by atoms with E-state index in [-0.39, 0.29) is 23.4 Å². The molecular formula is C27H32N2O4S. The molecule has 0 bridgehead atoms. The van der Waals surface area contributed by atoms with Crippen LogP contribution in [0.3, 0.4) is 0 Å². The van der Waals surface area contributed by atoms with Gasteiger partial charge in [0, 0.05) is 0 Å². The van der Waals surface area contributed by atoms with E-state index in [0.717, 1.165) is 21.9 Å². The van der Waals surface area contributed by atoms with E-state index < -0.39 is 10.0 Å². The van der Waals surface area contributed by atoms with Crippen molar-refractivity contribution in [2.45, 2.75) is 38.1 Å². The molecule has 7 heteroatoms. The third-order valence-electron chi connectivity index (χ3n) is 5.50. The van der Waals surface area contributed by atoms with E-state index in [1.54, 1.807) is 55.6 Å². The molecule has 0 spiro atoms. The maximum absolute atomic E-state index is 13.6. The molecule has 34 heavy (non-hydrogen) atoms. The molecule has 1 atom stereocenters. The fraction of sp³-hybridized carbons (Fsp3) is 0.296. The Balaban J connectivity index is 1.92. The first kappa shape index (κ1) is 25.3.